The second-order valence-electron chi connectivity index (χ2n) is 12.1. The number of benzene rings is 6. The monoisotopic (exact) mass is 611 g/mol. The van der Waals surface area contributed by atoms with Gasteiger partial charge in [0.1, 0.15) is 0 Å². The van der Waals surface area contributed by atoms with E-state index < -0.39 is 0 Å². The molecule has 0 saturated carbocycles. The summed E-state index contributed by atoms with van der Waals surface area (Å²) in [6.07, 6.45) is 7.43. The van der Waals surface area contributed by atoms with E-state index >= 15 is 0 Å². The molecular formula is C43H25N5. The first-order valence-electron chi connectivity index (χ1n) is 16.0. The van der Waals surface area contributed by atoms with Crippen LogP contribution < -0.4 is 0 Å². The Labute approximate surface area is 275 Å². The Morgan fingerprint density at radius 3 is 1.85 bits per heavy atom. The third-order valence-corrected chi connectivity index (χ3v) is 9.42. The Morgan fingerprint density at radius 1 is 0.375 bits per heavy atom. The van der Waals surface area contributed by atoms with Gasteiger partial charge >= 0.3 is 0 Å². The molecule has 0 unspecified atom stereocenters. The van der Waals surface area contributed by atoms with Crippen LogP contribution in [-0.4, -0.2) is 24.9 Å². The fourth-order valence-electron chi connectivity index (χ4n) is 7.24. The van der Waals surface area contributed by atoms with Crippen molar-refractivity contribution in [3.05, 3.63) is 152 Å². The highest BCUT2D eigenvalue weighted by Gasteiger charge is 2.17. The lowest BCUT2D eigenvalue weighted by molar-refractivity contribution is 1.18. The van der Waals surface area contributed by atoms with Crippen molar-refractivity contribution in [2.24, 2.45) is 0 Å². The van der Waals surface area contributed by atoms with Crippen molar-refractivity contribution < 1.29 is 0 Å². The summed E-state index contributed by atoms with van der Waals surface area (Å²) >= 11 is 0. The maximum atomic E-state index is 5.44. The molecule has 0 aliphatic heterocycles. The van der Waals surface area contributed by atoms with Gasteiger partial charge in [0.2, 0.25) is 0 Å². The van der Waals surface area contributed by atoms with E-state index in [1.54, 1.807) is 0 Å². The average molecular weight is 612 g/mol. The van der Waals surface area contributed by atoms with Gasteiger partial charge in [-0.25, -0.2) is 15.0 Å². The van der Waals surface area contributed by atoms with E-state index in [-0.39, 0.29) is 0 Å². The number of nitrogens with zero attached hydrogens (tertiary/aromatic N) is 5. The van der Waals surface area contributed by atoms with Crippen molar-refractivity contribution in [2.75, 3.05) is 0 Å². The summed E-state index contributed by atoms with van der Waals surface area (Å²) < 4.78 is 0. The molecule has 222 valence electrons. The zero-order valence-corrected chi connectivity index (χ0v) is 25.7. The minimum Gasteiger partial charge on any atom is -0.254 e. The minimum atomic E-state index is 0.660. The summed E-state index contributed by atoms with van der Waals surface area (Å²) in [5, 5.41) is 10.4. The predicted molar refractivity (Wildman–Crippen MR) is 197 cm³/mol. The summed E-state index contributed by atoms with van der Waals surface area (Å²) in [5.41, 5.74) is 7.63. The van der Waals surface area contributed by atoms with E-state index in [1.165, 1.54) is 26.9 Å². The normalized spacial score (nSPS) is 11.8. The average Bonchev–Trinajstić information content (AvgIpc) is 3.17. The molecule has 4 heterocycles. The van der Waals surface area contributed by atoms with Crippen molar-refractivity contribution in [2.45, 2.75) is 0 Å². The molecule has 48 heavy (non-hydrogen) atoms. The van der Waals surface area contributed by atoms with Gasteiger partial charge in [-0.3, -0.25) is 9.97 Å². The van der Waals surface area contributed by atoms with Crippen LogP contribution in [0.2, 0.25) is 0 Å². The lowest BCUT2D eigenvalue weighted by atomic mass is 9.92. The maximum absolute atomic E-state index is 5.44. The predicted octanol–water partition coefficient (Wildman–Crippen LogP) is 10.6. The zero-order valence-electron chi connectivity index (χ0n) is 25.7. The van der Waals surface area contributed by atoms with Crippen LogP contribution in [0, 0.1) is 0 Å². The summed E-state index contributed by atoms with van der Waals surface area (Å²) in [7, 11) is 0. The third-order valence-electron chi connectivity index (χ3n) is 9.42. The van der Waals surface area contributed by atoms with Gasteiger partial charge in [-0.1, -0.05) is 109 Å². The second kappa shape index (κ2) is 10.5. The van der Waals surface area contributed by atoms with Gasteiger partial charge < -0.3 is 0 Å². The molecule has 6 aromatic carbocycles. The number of rotatable bonds is 3. The molecule has 4 aromatic heterocycles. The Balaban J connectivity index is 1.12. The van der Waals surface area contributed by atoms with Crippen molar-refractivity contribution in [3.8, 4) is 33.8 Å². The molecule has 0 N–H and O–H groups in total. The molecule has 0 amide bonds. The first kappa shape index (κ1) is 26.6. The molecule has 10 rings (SSSR count). The third kappa shape index (κ3) is 4.01. The van der Waals surface area contributed by atoms with Crippen LogP contribution in [0.4, 0.5) is 0 Å². The second-order valence-corrected chi connectivity index (χ2v) is 12.1. The Bertz CT molecular complexity index is 2900. The number of aromatic nitrogens is 5. The Hall–Kier alpha value is -6.59. The van der Waals surface area contributed by atoms with E-state index in [1.807, 2.05) is 36.9 Å². The highest BCUT2D eigenvalue weighted by atomic mass is 14.9. The van der Waals surface area contributed by atoms with Crippen LogP contribution in [0.5, 0.6) is 0 Å². The molecule has 10 aromatic rings. The topological polar surface area (TPSA) is 64.5 Å². The smallest absolute Gasteiger partial charge is 0.159 e. The number of hydrogen-bond donors (Lipinski definition) is 0. The van der Waals surface area contributed by atoms with E-state index in [0.717, 1.165) is 66.0 Å². The van der Waals surface area contributed by atoms with Gasteiger partial charge in [0, 0.05) is 68.4 Å². The van der Waals surface area contributed by atoms with Gasteiger partial charge in [0.25, 0.3) is 0 Å². The number of fused-ring (bicyclic) bond motifs is 11. The van der Waals surface area contributed by atoms with Crippen LogP contribution in [0.3, 0.4) is 0 Å². The molecule has 0 spiro atoms. The molecule has 0 fully saturated rings. The van der Waals surface area contributed by atoms with Crippen LogP contribution in [-0.2, 0) is 0 Å². The lowest BCUT2D eigenvalue weighted by Crippen LogP contribution is -1.94. The van der Waals surface area contributed by atoms with Crippen molar-refractivity contribution in [1.82, 2.24) is 24.9 Å². The maximum Gasteiger partial charge on any atom is 0.159 e. The Kier molecular flexibility index (Phi) is 5.81. The van der Waals surface area contributed by atoms with Crippen molar-refractivity contribution >= 4 is 65.0 Å². The molecule has 0 aliphatic rings. The number of pyridine rings is 3. The van der Waals surface area contributed by atoms with Crippen LogP contribution in [0.25, 0.3) is 98.8 Å². The van der Waals surface area contributed by atoms with E-state index in [2.05, 4.69) is 125 Å². The highest BCUT2D eigenvalue weighted by Crippen LogP contribution is 2.41. The summed E-state index contributed by atoms with van der Waals surface area (Å²) in [6.45, 7) is 0. The van der Waals surface area contributed by atoms with E-state index in [9.17, 15) is 0 Å². The lowest BCUT2D eigenvalue weighted by Gasteiger charge is -2.15. The fraction of sp³-hybridized carbons (Fsp3) is 0. The molecule has 0 bridgehead atoms. The fourth-order valence-corrected chi connectivity index (χ4v) is 7.24. The molecular weight excluding hydrogens is 587 g/mol. The molecule has 0 aliphatic carbocycles. The van der Waals surface area contributed by atoms with Crippen LogP contribution in [0.15, 0.2) is 152 Å². The molecule has 5 nitrogen and oxygen atoms in total. The minimum absolute atomic E-state index is 0.660. The Morgan fingerprint density at radius 2 is 1.04 bits per heavy atom. The van der Waals surface area contributed by atoms with Crippen LogP contribution in [0.1, 0.15) is 0 Å². The standard InChI is InChI=1S/C43H25N5/c1-3-14-33-31(12-1)32-13-2-5-16-35(32)41-38(33)34-15-4-6-17-36(34)39(48-41)27-9-7-10-28(23-27)43-46-24-29(25-47-43)30-20-22-45-42-37(30)19-18-26-11-8-21-44-40(26)42/h1-25H. The van der Waals surface area contributed by atoms with Gasteiger partial charge in [-0.2, -0.15) is 0 Å². The summed E-state index contributed by atoms with van der Waals surface area (Å²) in [6, 6.07) is 44.5. The molecule has 0 saturated heterocycles. The zero-order chi connectivity index (χ0) is 31.6. The van der Waals surface area contributed by atoms with Crippen molar-refractivity contribution in [3.63, 3.8) is 0 Å². The van der Waals surface area contributed by atoms with Gasteiger partial charge in [0.05, 0.1) is 22.2 Å². The molecule has 5 heteroatoms. The van der Waals surface area contributed by atoms with Crippen molar-refractivity contribution in [1.29, 1.82) is 0 Å². The van der Waals surface area contributed by atoms with E-state index in [4.69, 9.17) is 15.0 Å². The van der Waals surface area contributed by atoms with Gasteiger partial charge in [0.15, 0.2) is 5.82 Å². The van der Waals surface area contributed by atoms with Gasteiger partial charge in [-0.15, -0.1) is 0 Å². The first-order chi connectivity index (χ1) is 23.8. The number of hydrogen-bond acceptors (Lipinski definition) is 5. The SMILES string of the molecule is c1cc(-c2ncc(-c3ccnc4c3ccc3cccnc34)cn2)cc(-c2nc3c4ccccc4c4ccccc4c3c3ccccc23)c1. The van der Waals surface area contributed by atoms with Crippen LogP contribution >= 0.6 is 0 Å². The quantitative estimate of drug-likeness (QED) is 0.186. The largest absolute Gasteiger partial charge is 0.254 e. The van der Waals surface area contributed by atoms with E-state index in [0.29, 0.717) is 5.82 Å². The summed E-state index contributed by atoms with van der Waals surface area (Å²) in [5.74, 6) is 0.660. The van der Waals surface area contributed by atoms with Gasteiger partial charge in [-0.05, 0) is 45.3 Å². The highest BCUT2D eigenvalue weighted by molar-refractivity contribution is 6.31. The first-order valence-corrected chi connectivity index (χ1v) is 16.0. The summed E-state index contributed by atoms with van der Waals surface area (Å²) in [4.78, 5) is 24.4. The molecule has 0 radical (unpaired) electrons. The molecule has 0 atom stereocenters.